The molecule has 1 atom stereocenters. The van der Waals surface area contributed by atoms with Gasteiger partial charge in [0.25, 0.3) is 0 Å². The number of hydrogen-bond acceptors (Lipinski definition) is 4. The molecule has 0 aliphatic carbocycles. The highest BCUT2D eigenvalue weighted by atomic mass is 16.5. The topological polar surface area (TPSA) is 95.2 Å². The summed E-state index contributed by atoms with van der Waals surface area (Å²) in [6, 6.07) is 0. The van der Waals surface area contributed by atoms with E-state index in [1.165, 1.54) is 17.0 Å². The number of aliphatic imine (C=N–C) groups is 1. The first-order valence-corrected chi connectivity index (χ1v) is 9.62. The first-order valence-electron chi connectivity index (χ1n) is 9.62. The number of nitrogens with zero attached hydrogens (tertiary/aromatic N) is 5. The van der Waals surface area contributed by atoms with Crippen molar-refractivity contribution in [1.29, 1.82) is 5.41 Å². The van der Waals surface area contributed by atoms with Gasteiger partial charge in [0.2, 0.25) is 0 Å². The van der Waals surface area contributed by atoms with E-state index in [-0.39, 0.29) is 0 Å². The van der Waals surface area contributed by atoms with Crippen LogP contribution in [0.2, 0.25) is 0 Å². The van der Waals surface area contributed by atoms with Crippen LogP contribution >= 0.6 is 0 Å². The summed E-state index contributed by atoms with van der Waals surface area (Å²) in [7, 11) is 2.02. The molecule has 0 saturated carbocycles. The standard InChI is InChI=1S/C19H27N7O/c1-4-16-14-9-26(7-5-15(14)24-25(16)3)19(21-11-20)18-17(22-12(2)23-18)13-6-8-27-10-13/h11,13,20H,4-10H2,1-3H3,(H,22,23)/t13-/m1/s1. The maximum atomic E-state index is 7.60. The van der Waals surface area contributed by atoms with Gasteiger partial charge in [0.15, 0.2) is 5.84 Å². The third-order valence-electron chi connectivity index (χ3n) is 5.55. The first-order chi connectivity index (χ1) is 13.1. The van der Waals surface area contributed by atoms with Gasteiger partial charge in [0, 0.05) is 50.3 Å². The Morgan fingerprint density at radius 1 is 1.48 bits per heavy atom. The van der Waals surface area contributed by atoms with Crippen molar-refractivity contribution < 1.29 is 4.74 Å². The number of hydrogen-bond donors (Lipinski definition) is 2. The summed E-state index contributed by atoms with van der Waals surface area (Å²) in [5.74, 6) is 1.95. The van der Waals surface area contributed by atoms with Crippen molar-refractivity contribution in [2.45, 2.75) is 45.6 Å². The quantitative estimate of drug-likeness (QED) is 0.636. The molecule has 2 aromatic rings. The molecule has 4 rings (SSSR count). The average Bonchev–Trinajstić information content (AvgIpc) is 3.36. The number of rotatable bonds is 4. The molecule has 0 radical (unpaired) electrons. The lowest BCUT2D eigenvalue weighted by atomic mass is 10.0. The molecule has 1 saturated heterocycles. The van der Waals surface area contributed by atoms with Crippen LogP contribution in [0.4, 0.5) is 0 Å². The first kappa shape index (κ1) is 17.9. The molecule has 1 fully saturated rings. The molecule has 0 spiro atoms. The Kier molecular flexibility index (Phi) is 4.82. The van der Waals surface area contributed by atoms with Gasteiger partial charge in [0.05, 0.1) is 18.0 Å². The smallest absolute Gasteiger partial charge is 0.158 e. The monoisotopic (exact) mass is 369 g/mol. The van der Waals surface area contributed by atoms with E-state index in [0.29, 0.717) is 12.5 Å². The number of imidazole rings is 1. The van der Waals surface area contributed by atoms with E-state index >= 15 is 0 Å². The van der Waals surface area contributed by atoms with Crippen molar-refractivity contribution in [3.63, 3.8) is 0 Å². The summed E-state index contributed by atoms with van der Waals surface area (Å²) < 4.78 is 7.58. The van der Waals surface area contributed by atoms with Gasteiger partial charge in [-0.15, -0.1) is 0 Å². The van der Waals surface area contributed by atoms with Gasteiger partial charge >= 0.3 is 0 Å². The van der Waals surface area contributed by atoms with E-state index in [1.807, 2.05) is 18.7 Å². The Labute approximate surface area is 159 Å². The third kappa shape index (κ3) is 3.18. The van der Waals surface area contributed by atoms with Crippen LogP contribution in [0.1, 0.15) is 53.4 Å². The van der Waals surface area contributed by atoms with Crippen LogP contribution in [-0.2, 0) is 31.2 Å². The molecule has 0 bridgehead atoms. The molecular formula is C19H27N7O. The Bertz CT molecular complexity index is 873. The van der Waals surface area contributed by atoms with Gasteiger partial charge in [-0.1, -0.05) is 6.92 Å². The van der Waals surface area contributed by atoms with Crippen molar-refractivity contribution in [3.8, 4) is 0 Å². The van der Waals surface area contributed by atoms with E-state index in [9.17, 15) is 0 Å². The molecule has 144 valence electrons. The van der Waals surface area contributed by atoms with Gasteiger partial charge in [-0.05, 0) is 19.8 Å². The lowest BCUT2D eigenvalue weighted by Crippen LogP contribution is -2.37. The van der Waals surface area contributed by atoms with Crippen LogP contribution in [0.5, 0.6) is 0 Å². The minimum absolute atomic E-state index is 0.307. The molecule has 2 aliphatic heterocycles. The summed E-state index contributed by atoms with van der Waals surface area (Å²) in [4.78, 5) is 14.8. The molecule has 2 aromatic heterocycles. The summed E-state index contributed by atoms with van der Waals surface area (Å²) in [5.41, 5.74) is 5.69. The molecule has 27 heavy (non-hydrogen) atoms. The van der Waals surface area contributed by atoms with Gasteiger partial charge in [-0.25, -0.2) is 9.98 Å². The number of fused-ring (bicyclic) bond motifs is 1. The van der Waals surface area contributed by atoms with E-state index in [2.05, 4.69) is 26.9 Å². The number of H-pyrrole nitrogens is 1. The zero-order valence-corrected chi connectivity index (χ0v) is 16.2. The molecule has 8 nitrogen and oxygen atoms in total. The van der Waals surface area contributed by atoms with Gasteiger partial charge in [0.1, 0.15) is 17.9 Å². The molecule has 8 heteroatoms. The lowest BCUT2D eigenvalue weighted by Gasteiger charge is -2.29. The van der Waals surface area contributed by atoms with Crippen LogP contribution in [0, 0.1) is 12.3 Å². The van der Waals surface area contributed by atoms with Crippen molar-refractivity contribution in [3.05, 3.63) is 34.2 Å². The second-order valence-corrected chi connectivity index (χ2v) is 7.25. The molecule has 2 aliphatic rings. The van der Waals surface area contributed by atoms with Crippen molar-refractivity contribution in [2.75, 3.05) is 19.8 Å². The van der Waals surface area contributed by atoms with Gasteiger partial charge in [-0.2, -0.15) is 5.10 Å². The Hall–Kier alpha value is -2.48. The number of aryl methyl sites for hydroxylation is 2. The lowest BCUT2D eigenvalue weighted by molar-refractivity contribution is 0.193. The van der Waals surface area contributed by atoms with E-state index in [4.69, 9.17) is 15.1 Å². The molecule has 0 amide bonds. The second-order valence-electron chi connectivity index (χ2n) is 7.25. The Morgan fingerprint density at radius 3 is 3.04 bits per heavy atom. The molecule has 2 N–H and O–H groups in total. The van der Waals surface area contributed by atoms with Crippen LogP contribution in [0.25, 0.3) is 0 Å². The van der Waals surface area contributed by atoms with E-state index < -0.39 is 0 Å². The van der Waals surface area contributed by atoms with Crippen molar-refractivity contribution in [1.82, 2.24) is 24.6 Å². The summed E-state index contributed by atoms with van der Waals surface area (Å²) >= 11 is 0. The molecule has 0 aromatic carbocycles. The summed E-state index contributed by atoms with van der Waals surface area (Å²) in [6.45, 7) is 7.20. The van der Waals surface area contributed by atoms with Crippen molar-refractivity contribution >= 4 is 12.2 Å². The Balaban J connectivity index is 1.70. The number of ether oxygens (including phenoxy) is 1. The zero-order valence-electron chi connectivity index (χ0n) is 16.2. The largest absolute Gasteiger partial charge is 0.381 e. The highest BCUT2D eigenvalue weighted by Gasteiger charge is 2.31. The number of aromatic amines is 1. The molecular weight excluding hydrogens is 342 g/mol. The van der Waals surface area contributed by atoms with Crippen LogP contribution in [0.15, 0.2) is 4.99 Å². The average molecular weight is 369 g/mol. The fourth-order valence-electron chi connectivity index (χ4n) is 4.27. The van der Waals surface area contributed by atoms with Crippen LogP contribution in [0.3, 0.4) is 0 Å². The highest BCUT2D eigenvalue weighted by Crippen LogP contribution is 2.29. The van der Waals surface area contributed by atoms with Gasteiger partial charge < -0.3 is 14.6 Å². The number of amidine groups is 1. The van der Waals surface area contributed by atoms with Crippen LogP contribution < -0.4 is 0 Å². The fraction of sp³-hybridized carbons (Fsp3) is 0.579. The van der Waals surface area contributed by atoms with E-state index in [0.717, 1.165) is 68.3 Å². The number of aromatic nitrogens is 4. The predicted octanol–water partition coefficient (Wildman–Crippen LogP) is 1.93. The highest BCUT2D eigenvalue weighted by molar-refractivity contribution is 6.01. The molecule has 4 heterocycles. The van der Waals surface area contributed by atoms with Crippen molar-refractivity contribution in [2.24, 2.45) is 12.0 Å². The maximum absolute atomic E-state index is 7.60. The minimum Gasteiger partial charge on any atom is -0.381 e. The zero-order chi connectivity index (χ0) is 19.0. The number of nitrogens with one attached hydrogen (secondary N) is 2. The van der Waals surface area contributed by atoms with Gasteiger partial charge in [-0.3, -0.25) is 10.1 Å². The molecule has 0 unspecified atom stereocenters. The Morgan fingerprint density at radius 2 is 2.33 bits per heavy atom. The SMILES string of the molecule is CCc1c2c(nn1C)CCN(C(=NC=N)c1nc(C)[nH]c1[C@@H]1CCOC1)C2. The van der Waals surface area contributed by atoms with Crippen LogP contribution in [-0.4, -0.2) is 56.6 Å². The predicted molar refractivity (Wildman–Crippen MR) is 104 cm³/mol. The maximum Gasteiger partial charge on any atom is 0.158 e. The third-order valence-corrected chi connectivity index (χ3v) is 5.55. The fourth-order valence-corrected chi connectivity index (χ4v) is 4.27. The summed E-state index contributed by atoms with van der Waals surface area (Å²) in [5, 5.41) is 12.3. The summed E-state index contributed by atoms with van der Waals surface area (Å²) in [6.07, 6.45) is 3.94. The second kappa shape index (κ2) is 7.26. The normalized spacial score (nSPS) is 20.2. The minimum atomic E-state index is 0.307. The van der Waals surface area contributed by atoms with E-state index in [1.54, 1.807) is 0 Å².